The molecule has 0 aromatic heterocycles. The van der Waals surface area contributed by atoms with Gasteiger partial charge in [-0.25, -0.2) is 0 Å². The second-order valence-electron chi connectivity index (χ2n) is 12.0. The van der Waals surface area contributed by atoms with Crippen LogP contribution in [0, 0.1) is 0 Å². The van der Waals surface area contributed by atoms with Gasteiger partial charge in [0, 0.05) is 42.4 Å². The molecule has 0 saturated heterocycles. The van der Waals surface area contributed by atoms with E-state index in [0.717, 1.165) is 42.4 Å². The molecule has 4 nitrogen and oxygen atoms in total. The van der Waals surface area contributed by atoms with Crippen LogP contribution in [-0.2, 0) is 31.9 Å². The molecule has 62 heavy (non-hydrogen) atoms. The van der Waals surface area contributed by atoms with Crippen LogP contribution in [0.4, 0.5) is 0 Å². The zero-order chi connectivity index (χ0) is 44.6. The molecule has 0 aliphatic carbocycles. The third kappa shape index (κ3) is 21.2. The summed E-state index contributed by atoms with van der Waals surface area (Å²) in [5.41, 5.74) is 0. The van der Waals surface area contributed by atoms with Gasteiger partial charge in [-0.3, -0.25) is 0 Å². The van der Waals surface area contributed by atoms with Crippen molar-refractivity contribution >= 4 is 113 Å². The topological polar surface area (TPSA) is 80.9 Å². The minimum atomic E-state index is -1.17. The van der Waals surface area contributed by atoms with Crippen molar-refractivity contribution in [3.05, 3.63) is 243 Å². The van der Waals surface area contributed by atoms with Gasteiger partial charge in [-0.2, -0.15) is 0 Å². The molecule has 0 saturated carbocycles. The van der Waals surface area contributed by atoms with Gasteiger partial charge in [-0.1, -0.05) is 243 Å². The summed E-state index contributed by atoms with van der Waals surface area (Å²) in [6, 6.07) is 78.1. The van der Waals surface area contributed by atoms with Crippen molar-refractivity contribution in [2.75, 3.05) is 0 Å². The summed E-state index contributed by atoms with van der Waals surface area (Å²) in [6.07, 6.45) is 0. The predicted octanol–water partition coefficient (Wildman–Crippen LogP) is 10.9. The number of rotatable bonds is 8. The Kier molecular flexibility index (Phi) is 29.9. The quantitative estimate of drug-likeness (QED) is 0.0903. The van der Waals surface area contributed by atoms with Crippen molar-refractivity contribution in [2.24, 2.45) is 0 Å². The molecule has 4 N–H and O–H groups in total. The fourth-order valence-corrected chi connectivity index (χ4v) is 9.98. The van der Waals surface area contributed by atoms with Crippen LogP contribution < -0.4 is 42.4 Å². The van der Waals surface area contributed by atoms with Gasteiger partial charge >= 0.3 is 70.0 Å². The molecule has 0 amide bonds. The molecule has 0 spiro atoms. The van der Waals surface area contributed by atoms with E-state index in [9.17, 15) is 19.6 Å². The third-order valence-corrected chi connectivity index (χ3v) is 14.3. The van der Waals surface area contributed by atoms with Gasteiger partial charge in [0.15, 0.2) is 0 Å². The first-order chi connectivity index (χ1) is 30.3. The number of halogens is 4. The summed E-state index contributed by atoms with van der Waals surface area (Å²) in [5.74, 6) is 0. The van der Waals surface area contributed by atoms with Crippen molar-refractivity contribution in [3.63, 3.8) is 0 Å². The normalized spacial score (nSPS) is 10.1. The number of benzene rings is 8. The van der Waals surface area contributed by atoms with Gasteiger partial charge < -0.3 is 19.6 Å². The molecule has 0 unspecified atom stereocenters. The molecule has 0 aliphatic heterocycles. The van der Waals surface area contributed by atoms with Crippen LogP contribution in [0.5, 0.6) is 0 Å². The van der Waals surface area contributed by atoms with E-state index in [0.29, 0.717) is 0 Å². The first-order valence-electron chi connectivity index (χ1n) is 18.4. The van der Waals surface area contributed by atoms with Crippen LogP contribution in [0.15, 0.2) is 243 Å². The van der Waals surface area contributed by atoms with Crippen LogP contribution >= 0.6 is 70.7 Å². The van der Waals surface area contributed by atoms with E-state index in [4.69, 9.17) is 38.1 Å². The third-order valence-electron chi connectivity index (χ3n) is 8.01. The monoisotopic (exact) mass is 1160 g/mol. The van der Waals surface area contributed by atoms with Crippen molar-refractivity contribution in [1.82, 2.24) is 0 Å². The molecular weight excluding hydrogens is 1120 g/mol. The Hall–Kier alpha value is -2.20. The zero-order valence-electron chi connectivity index (χ0n) is 32.8. The Bertz CT molecular complexity index is 1780. The average molecular weight is 1160 g/mol. The maximum atomic E-state index is 10.1. The van der Waals surface area contributed by atoms with Crippen molar-refractivity contribution in [1.29, 1.82) is 0 Å². The molecule has 8 rings (SSSR count). The van der Waals surface area contributed by atoms with Gasteiger partial charge in [0.05, 0.1) is 32.6 Å². The van der Waals surface area contributed by atoms with Crippen LogP contribution in [0.25, 0.3) is 0 Å². The Labute approximate surface area is 403 Å². The molecule has 0 aliphatic rings. The van der Waals surface area contributed by atoms with Gasteiger partial charge in [0.1, 0.15) is 0 Å². The van der Waals surface area contributed by atoms with Crippen LogP contribution in [0.3, 0.4) is 0 Å². The van der Waals surface area contributed by atoms with Crippen molar-refractivity contribution in [2.45, 2.75) is 0 Å². The molecule has 328 valence electrons. The summed E-state index contributed by atoms with van der Waals surface area (Å²) in [5, 5.41) is 7.95. The Morgan fingerprint density at radius 1 is 0.210 bits per heavy atom. The van der Waals surface area contributed by atoms with Crippen LogP contribution in [0.2, 0.25) is 0 Å². The second-order valence-corrected chi connectivity index (χ2v) is 23.4. The standard InChI is InChI=1S/4C12H11OP.4ClH.2Pd/c4*13-14(11-7-3-1-4-8-11)12-9-5-2-6-10-12;;;;;;/h4*1-10,13H;4*1H;;/q;;;;;;;;2*+2/p-4. The molecule has 8 aromatic carbocycles. The summed E-state index contributed by atoms with van der Waals surface area (Å²) in [6.45, 7) is 0. The van der Waals surface area contributed by atoms with Crippen molar-refractivity contribution < 1.29 is 51.5 Å². The summed E-state index contributed by atoms with van der Waals surface area (Å²) < 4.78 is 0. The summed E-state index contributed by atoms with van der Waals surface area (Å²) in [7, 11) is 14.6. The van der Waals surface area contributed by atoms with E-state index in [1.165, 1.54) is 0 Å². The molecule has 14 heteroatoms. The molecular formula is C48H44Cl4O4P4Pd2. The number of hydrogen-bond acceptors (Lipinski definition) is 4. The zero-order valence-corrected chi connectivity index (χ0v) is 42.5. The summed E-state index contributed by atoms with van der Waals surface area (Å²) in [4.78, 5) is 40.2. The molecule has 0 fully saturated rings. The molecule has 0 bridgehead atoms. The van der Waals surface area contributed by atoms with Gasteiger partial charge in [-0.05, 0) is 0 Å². The average Bonchev–Trinajstić information content (AvgIpc) is 3.36. The SMILES string of the molecule is OP(c1ccccc1)c1ccccc1.OP(c1ccccc1)c1ccccc1.OP(c1ccccc1)c1ccccc1.OP(c1ccccc1)c1ccccc1.[Cl][Pd][Cl].[Cl][Pd][Cl]. The summed E-state index contributed by atoms with van der Waals surface area (Å²) >= 11 is -0.211. The fraction of sp³-hybridized carbons (Fsp3) is 0. The minimum absolute atomic E-state index is 0.106. The van der Waals surface area contributed by atoms with Crippen LogP contribution in [0.1, 0.15) is 0 Å². The molecule has 0 atom stereocenters. The molecule has 8 aromatic rings. The Balaban J connectivity index is 0.000000211. The predicted molar refractivity (Wildman–Crippen MR) is 269 cm³/mol. The van der Waals surface area contributed by atoms with Gasteiger partial charge in [0.25, 0.3) is 0 Å². The van der Waals surface area contributed by atoms with E-state index in [1.807, 2.05) is 243 Å². The first kappa shape index (κ1) is 54.1. The van der Waals surface area contributed by atoms with Gasteiger partial charge in [-0.15, -0.1) is 0 Å². The Morgan fingerprint density at radius 2 is 0.290 bits per heavy atom. The van der Waals surface area contributed by atoms with Crippen LogP contribution in [-0.4, -0.2) is 19.6 Å². The molecule has 0 radical (unpaired) electrons. The fourth-order valence-electron chi connectivity index (χ4n) is 5.15. The van der Waals surface area contributed by atoms with Crippen molar-refractivity contribution in [3.8, 4) is 0 Å². The number of hydrogen-bond donors (Lipinski definition) is 4. The second kappa shape index (κ2) is 34.2. The first-order valence-corrected chi connectivity index (χ1v) is 31.5. The van der Waals surface area contributed by atoms with Gasteiger partial charge in [0.2, 0.25) is 0 Å². The Morgan fingerprint density at radius 3 is 0.371 bits per heavy atom. The van der Waals surface area contributed by atoms with E-state index in [-0.39, 0.29) is 31.9 Å². The van der Waals surface area contributed by atoms with E-state index >= 15 is 0 Å². The van der Waals surface area contributed by atoms with E-state index in [1.54, 1.807) is 0 Å². The van der Waals surface area contributed by atoms with E-state index in [2.05, 4.69) is 0 Å². The molecule has 0 heterocycles. The van der Waals surface area contributed by atoms with E-state index < -0.39 is 32.6 Å². The maximum absolute atomic E-state index is 10.1.